The van der Waals surface area contributed by atoms with Gasteiger partial charge in [0.2, 0.25) is 0 Å². The Hall–Kier alpha value is -1.78. The van der Waals surface area contributed by atoms with Crippen LogP contribution in [0.25, 0.3) is 11.3 Å². The molecule has 5 heteroatoms. The van der Waals surface area contributed by atoms with Gasteiger partial charge in [-0.25, -0.2) is 0 Å². The fourth-order valence-corrected chi connectivity index (χ4v) is 2.04. The minimum absolute atomic E-state index is 0.251. The first kappa shape index (κ1) is 14.6. The van der Waals surface area contributed by atoms with Crippen molar-refractivity contribution in [1.82, 2.24) is 0 Å². The second kappa shape index (κ2) is 6.11. The number of nitrogens with one attached hydrogen (secondary N) is 1. The number of amides is 1. The number of quaternary nitrogens is 1. The third-order valence-electron chi connectivity index (χ3n) is 3.41. The number of carbonyl (C=O) groups is 1. The van der Waals surface area contributed by atoms with E-state index in [4.69, 9.17) is 21.8 Å². The van der Waals surface area contributed by atoms with Crippen molar-refractivity contribution in [2.75, 3.05) is 7.05 Å². The van der Waals surface area contributed by atoms with Crippen molar-refractivity contribution in [3.8, 4) is 11.3 Å². The predicted molar refractivity (Wildman–Crippen MR) is 78.4 cm³/mol. The molecule has 3 N–H and O–H groups in total. The van der Waals surface area contributed by atoms with Gasteiger partial charge in [0.1, 0.15) is 12.3 Å². The van der Waals surface area contributed by atoms with Gasteiger partial charge in [-0.2, -0.15) is 0 Å². The van der Waals surface area contributed by atoms with Crippen molar-refractivity contribution in [2.45, 2.75) is 19.5 Å². The Balaban J connectivity index is 2.09. The Kier molecular flexibility index (Phi) is 4.47. The van der Waals surface area contributed by atoms with Crippen LogP contribution in [0.2, 0.25) is 5.02 Å². The maximum absolute atomic E-state index is 11.1. The standard InChI is InChI=1S/C15H17ClN2O2/c1-10(15(17)19)18(2)9-13-7-8-14(20-13)11-3-5-12(16)6-4-11/h3-8,10H,9H2,1-2H3,(H2,17,19)/p+1/t10-/m1/s1. The molecule has 2 atom stereocenters. The van der Waals surface area contributed by atoms with E-state index in [9.17, 15) is 4.79 Å². The van der Waals surface area contributed by atoms with Crippen LogP contribution in [0.5, 0.6) is 0 Å². The van der Waals surface area contributed by atoms with Crippen LogP contribution in [-0.4, -0.2) is 19.0 Å². The highest BCUT2D eigenvalue weighted by atomic mass is 35.5. The van der Waals surface area contributed by atoms with E-state index in [-0.39, 0.29) is 11.9 Å². The lowest BCUT2D eigenvalue weighted by Gasteiger charge is -2.17. The van der Waals surface area contributed by atoms with Gasteiger partial charge in [-0.05, 0) is 43.3 Å². The van der Waals surface area contributed by atoms with Gasteiger partial charge >= 0.3 is 0 Å². The van der Waals surface area contributed by atoms with Crippen LogP contribution in [0, 0.1) is 0 Å². The monoisotopic (exact) mass is 293 g/mol. The molecule has 20 heavy (non-hydrogen) atoms. The Labute approximate surface area is 123 Å². The van der Waals surface area contributed by atoms with E-state index in [1.54, 1.807) is 6.92 Å². The van der Waals surface area contributed by atoms with E-state index in [0.717, 1.165) is 22.0 Å². The highest BCUT2D eigenvalue weighted by Gasteiger charge is 2.20. The average Bonchev–Trinajstić information content (AvgIpc) is 2.87. The molecule has 0 aliphatic rings. The average molecular weight is 294 g/mol. The number of furan rings is 1. The third-order valence-corrected chi connectivity index (χ3v) is 3.66. The SMILES string of the molecule is C[C@H](C(N)=O)[NH+](C)Cc1ccc(-c2ccc(Cl)cc2)o1. The molecular weight excluding hydrogens is 276 g/mol. The predicted octanol–water partition coefficient (Wildman–Crippen LogP) is 1.49. The van der Waals surface area contributed by atoms with E-state index in [0.29, 0.717) is 11.6 Å². The topological polar surface area (TPSA) is 60.7 Å². The van der Waals surface area contributed by atoms with Crippen molar-refractivity contribution in [1.29, 1.82) is 0 Å². The molecule has 1 aromatic carbocycles. The van der Waals surface area contributed by atoms with Crippen LogP contribution < -0.4 is 10.6 Å². The van der Waals surface area contributed by atoms with Crippen LogP contribution in [0.1, 0.15) is 12.7 Å². The third kappa shape index (κ3) is 3.40. The summed E-state index contributed by atoms with van der Waals surface area (Å²) in [6, 6.07) is 11.1. The molecule has 0 fully saturated rings. The number of hydrogen-bond donors (Lipinski definition) is 2. The Morgan fingerprint density at radius 3 is 2.55 bits per heavy atom. The van der Waals surface area contributed by atoms with Gasteiger partial charge in [-0.1, -0.05) is 11.6 Å². The number of carbonyl (C=O) groups excluding carboxylic acids is 1. The summed E-state index contributed by atoms with van der Waals surface area (Å²) in [5.74, 6) is 1.30. The largest absolute Gasteiger partial charge is 0.455 e. The Morgan fingerprint density at radius 2 is 1.95 bits per heavy atom. The Morgan fingerprint density at radius 1 is 1.30 bits per heavy atom. The maximum atomic E-state index is 11.1. The molecule has 2 aromatic rings. The molecule has 0 aliphatic heterocycles. The zero-order valence-corrected chi connectivity index (χ0v) is 12.3. The minimum atomic E-state index is -0.313. The quantitative estimate of drug-likeness (QED) is 0.877. The summed E-state index contributed by atoms with van der Waals surface area (Å²) >= 11 is 5.86. The lowest BCUT2D eigenvalue weighted by Crippen LogP contribution is -3.12. The molecule has 0 bridgehead atoms. The lowest BCUT2D eigenvalue weighted by molar-refractivity contribution is -0.908. The van der Waals surface area contributed by atoms with Crippen LogP contribution in [0.15, 0.2) is 40.8 Å². The van der Waals surface area contributed by atoms with E-state index >= 15 is 0 Å². The summed E-state index contributed by atoms with van der Waals surface area (Å²) in [5, 5.41) is 0.694. The van der Waals surface area contributed by atoms with Crippen molar-refractivity contribution >= 4 is 17.5 Å². The summed E-state index contributed by atoms with van der Waals surface area (Å²) in [7, 11) is 1.92. The minimum Gasteiger partial charge on any atom is -0.455 e. The number of hydrogen-bond acceptors (Lipinski definition) is 2. The first-order valence-electron chi connectivity index (χ1n) is 6.43. The van der Waals surface area contributed by atoms with Gasteiger partial charge in [0.25, 0.3) is 5.91 Å². The highest BCUT2D eigenvalue weighted by Crippen LogP contribution is 2.23. The first-order chi connectivity index (χ1) is 9.47. The van der Waals surface area contributed by atoms with Crippen molar-refractivity contribution in [3.05, 3.63) is 47.2 Å². The fraction of sp³-hybridized carbons (Fsp3) is 0.267. The van der Waals surface area contributed by atoms with E-state index in [1.165, 1.54) is 0 Å². The van der Waals surface area contributed by atoms with E-state index in [2.05, 4.69) is 0 Å². The molecule has 1 heterocycles. The summed E-state index contributed by atoms with van der Waals surface area (Å²) in [5.41, 5.74) is 6.27. The van der Waals surface area contributed by atoms with Crippen LogP contribution in [-0.2, 0) is 11.3 Å². The van der Waals surface area contributed by atoms with Gasteiger partial charge in [0.05, 0.1) is 7.05 Å². The summed E-state index contributed by atoms with van der Waals surface area (Å²) in [6.45, 7) is 2.42. The van der Waals surface area contributed by atoms with Gasteiger partial charge in [-0.3, -0.25) is 4.79 Å². The van der Waals surface area contributed by atoms with Crippen LogP contribution >= 0.6 is 11.6 Å². The zero-order valence-electron chi connectivity index (χ0n) is 11.5. The number of likely N-dealkylation sites (N-methyl/N-ethyl adjacent to an activating group) is 1. The van der Waals surface area contributed by atoms with E-state index in [1.807, 2.05) is 43.4 Å². The number of primary amides is 1. The summed E-state index contributed by atoms with van der Waals surface area (Å²) < 4.78 is 5.79. The van der Waals surface area contributed by atoms with Crippen molar-refractivity contribution < 1.29 is 14.1 Å². The van der Waals surface area contributed by atoms with Crippen molar-refractivity contribution in [2.24, 2.45) is 5.73 Å². The van der Waals surface area contributed by atoms with Crippen LogP contribution in [0.4, 0.5) is 0 Å². The first-order valence-corrected chi connectivity index (χ1v) is 6.81. The van der Waals surface area contributed by atoms with Gasteiger partial charge < -0.3 is 15.1 Å². The molecule has 0 aliphatic carbocycles. The number of halogens is 1. The molecular formula is C15H18ClN2O2+. The summed E-state index contributed by atoms with van der Waals surface area (Å²) in [4.78, 5) is 12.1. The second-order valence-corrected chi connectivity index (χ2v) is 5.36. The molecule has 2 rings (SSSR count). The summed E-state index contributed by atoms with van der Waals surface area (Å²) in [6.07, 6.45) is 0. The molecule has 0 saturated carbocycles. The lowest BCUT2D eigenvalue weighted by atomic mass is 10.2. The molecule has 0 spiro atoms. The molecule has 106 valence electrons. The van der Waals surface area contributed by atoms with Gasteiger partial charge in [0.15, 0.2) is 11.8 Å². The second-order valence-electron chi connectivity index (χ2n) is 4.92. The molecule has 1 unspecified atom stereocenters. The number of benzene rings is 1. The molecule has 0 saturated heterocycles. The van der Waals surface area contributed by atoms with Crippen molar-refractivity contribution in [3.63, 3.8) is 0 Å². The molecule has 4 nitrogen and oxygen atoms in total. The van der Waals surface area contributed by atoms with Crippen LogP contribution in [0.3, 0.4) is 0 Å². The van der Waals surface area contributed by atoms with E-state index < -0.39 is 0 Å². The smallest absolute Gasteiger partial charge is 0.275 e. The molecule has 1 amide bonds. The highest BCUT2D eigenvalue weighted by molar-refractivity contribution is 6.30. The molecule has 0 radical (unpaired) electrons. The molecule has 1 aromatic heterocycles. The number of nitrogens with two attached hydrogens (primary N) is 1. The fourth-order valence-electron chi connectivity index (χ4n) is 1.91. The Bertz CT molecular complexity index is 592. The van der Waals surface area contributed by atoms with Gasteiger partial charge in [0, 0.05) is 10.6 Å². The van der Waals surface area contributed by atoms with Gasteiger partial charge in [-0.15, -0.1) is 0 Å². The maximum Gasteiger partial charge on any atom is 0.275 e. The number of rotatable bonds is 5. The zero-order chi connectivity index (χ0) is 14.7. The normalized spacial score (nSPS) is 13.9.